The van der Waals surface area contributed by atoms with Crippen molar-refractivity contribution in [2.45, 2.75) is 0 Å². The van der Waals surface area contributed by atoms with E-state index < -0.39 is 22.7 Å². The summed E-state index contributed by atoms with van der Waals surface area (Å²) in [5.74, 6) is -1.67. The highest BCUT2D eigenvalue weighted by atomic mass is 16.3. The zero-order chi connectivity index (χ0) is 16.3. The van der Waals surface area contributed by atoms with Crippen LogP contribution < -0.4 is 5.43 Å². The van der Waals surface area contributed by atoms with Gasteiger partial charge in [0.05, 0.1) is 0 Å². The van der Waals surface area contributed by atoms with E-state index in [2.05, 4.69) is 0 Å². The maximum Gasteiger partial charge on any atom is 0.201 e. The summed E-state index contributed by atoms with van der Waals surface area (Å²) >= 11 is 0. The predicted molar refractivity (Wildman–Crippen MR) is 81.1 cm³/mol. The molecule has 0 unspecified atom stereocenters. The van der Waals surface area contributed by atoms with Crippen molar-refractivity contribution in [2.75, 3.05) is 7.11 Å². The van der Waals surface area contributed by atoms with Crippen molar-refractivity contribution in [3.05, 3.63) is 52.7 Å². The van der Waals surface area contributed by atoms with Crippen LogP contribution >= 0.6 is 0 Å². The standard InChI is InChI=1S/C15H10O5.CH4O/c16-9-6-11(8-4-2-1-3-5-8)20-12-7-10(17)14(18)15(19)13(9)12;1-2/h1-7,17-19H;2H,1H3. The summed E-state index contributed by atoms with van der Waals surface area (Å²) in [6, 6.07) is 11.3. The summed E-state index contributed by atoms with van der Waals surface area (Å²) in [7, 11) is 1.00. The number of hydrogen-bond donors (Lipinski definition) is 4. The van der Waals surface area contributed by atoms with Gasteiger partial charge in [-0.2, -0.15) is 0 Å². The quantitative estimate of drug-likeness (QED) is 0.513. The molecule has 0 saturated heterocycles. The molecule has 3 rings (SSSR count). The average molecular weight is 302 g/mol. The number of aliphatic hydroxyl groups is 1. The van der Waals surface area contributed by atoms with Gasteiger partial charge in [-0.25, -0.2) is 0 Å². The lowest BCUT2D eigenvalue weighted by molar-refractivity contribution is 0.370. The molecule has 0 fully saturated rings. The first-order valence-corrected chi connectivity index (χ1v) is 6.30. The Hall–Kier alpha value is -2.99. The zero-order valence-corrected chi connectivity index (χ0v) is 11.6. The van der Waals surface area contributed by atoms with Crippen LogP contribution in [0.1, 0.15) is 0 Å². The third-order valence-corrected chi connectivity index (χ3v) is 3.00. The lowest BCUT2D eigenvalue weighted by Gasteiger charge is -2.06. The summed E-state index contributed by atoms with van der Waals surface area (Å²) in [5, 5.41) is 35.5. The van der Waals surface area contributed by atoms with E-state index in [0.717, 1.165) is 13.2 Å². The molecule has 4 N–H and O–H groups in total. The van der Waals surface area contributed by atoms with Gasteiger partial charge < -0.3 is 24.8 Å². The Morgan fingerprint density at radius 1 is 0.909 bits per heavy atom. The van der Waals surface area contributed by atoms with E-state index in [1.165, 1.54) is 6.07 Å². The van der Waals surface area contributed by atoms with Crippen LogP contribution in [0.2, 0.25) is 0 Å². The topological polar surface area (TPSA) is 111 Å². The van der Waals surface area contributed by atoms with E-state index in [9.17, 15) is 20.1 Å². The highest BCUT2D eigenvalue weighted by Gasteiger charge is 2.17. The van der Waals surface area contributed by atoms with E-state index >= 15 is 0 Å². The highest BCUT2D eigenvalue weighted by molar-refractivity contribution is 5.89. The molecule has 0 bridgehead atoms. The number of aliphatic hydroxyl groups excluding tert-OH is 1. The minimum Gasteiger partial charge on any atom is -0.504 e. The molecule has 114 valence electrons. The molecule has 0 saturated carbocycles. The van der Waals surface area contributed by atoms with E-state index in [4.69, 9.17) is 9.52 Å². The van der Waals surface area contributed by atoms with E-state index in [1.54, 1.807) is 24.3 Å². The van der Waals surface area contributed by atoms with Crippen LogP contribution in [0, 0.1) is 0 Å². The van der Waals surface area contributed by atoms with Gasteiger partial charge in [0.25, 0.3) is 0 Å². The fourth-order valence-electron chi connectivity index (χ4n) is 2.02. The van der Waals surface area contributed by atoms with Gasteiger partial charge in [-0.15, -0.1) is 0 Å². The third-order valence-electron chi connectivity index (χ3n) is 3.00. The number of rotatable bonds is 1. The van der Waals surface area contributed by atoms with Crippen molar-refractivity contribution in [2.24, 2.45) is 0 Å². The molecular weight excluding hydrogens is 288 g/mol. The summed E-state index contributed by atoms with van der Waals surface area (Å²) in [4.78, 5) is 12.0. The Kier molecular flexibility index (Phi) is 4.33. The smallest absolute Gasteiger partial charge is 0.201 e. The minimum absolute atomic E-state index is 0.00385. The zero-order valence-electron chi connectivity index (χ0n) is 11.6. The molecule has 0 aliphatic heterocycles. The molecule has 1 aromatic heterocycles. The van der Waals surface area contributed by atoms with Gasteiger partial charge in [-0.05, 0) is 0 Å². The average Bonchev–Trinajstić information content (AvgIpc) is 2.55. The number of hydrogen-bond acceptors (Lipinski definition) is 6. The Morgan fingerprint density at radius 2 is 1.55 bits per heavy atom. The number of fused-ring (bicyclic) bond motifs is 1. The molecule has 6 nitrogen and oxygen atoms in total. The van der Waals surface area contributed by atoms with Crippen molar-refractivity contribution in [1.29, 1.82) is 0 Å². The van der Waals surface area contributed by atoms with Gasteiger partial charge in [0.2, 0.25) is 5.75 Å². The molecule has 3 aromatic rings. The van der Waals surface area contributed by atoms with E-state index in [0.29, 0.717) is 11.3 Å². The number of phenols is 3. The molecular formula is C16H14O6. The van der Waals surface area contributed by atoms with Crippen LogP contribution in [0.25, 0.3) is 22.3 Å². The van der Waals surface area contributed by atoms with Gasteiger partial charge in [0, 0.05) is 24.8 Å². The SMILES string of the molecule is CO.O=c1cc(-c2ccccc2)oc2cc(O)c(O)c(O)c12. The largest absolute Gasteiger partial charge is 0.504 e. The second-order valence-electron chi connectivity index (χ2n) is 4.31. The first kappa shape index (κ1) is 15.4. The Morgan fingerprint density at radius 3 is 2.18 bits per heavy atom. The van der Waals surface area contributed by atoms with Crippen LogP contribution in [0.15, 0.2) is 51.7 Å². The van der Waals surface area contributed by atoms with Crippen LogP contribution in [0.4, 0.5) is 0 Å². The maximum atomic E-state index is 12.0. The predicted octanol–water partition coefficient (Wildman–Crippen LogP) is 2.19. The van der Waals surface area contributed by atoms with Crippen molar-refractivity contribution in [1.82, 2.24) is 0 Å². The molecule has 22 heavy (non-hydrogen) atoms. The molecule has 1 heterocycles. The van der Waals surface area contributed by atoms with Crippen LogP contribution in [-0.2, 0) is 0 Å². The summed E-state index contributed by atoms with van der Waals surface area (Å²) in [6.45, 7) is 0. The van der Waals surface area contributed by atoms with Gasteiger partial charge in [-0.1, -0.05) is 30.3 Å². The molecule has 0 atom stereocenters. The van der Waals surface area contributed by atoms with Crippen LogP contribution in [0.3, 0.4) is 0 Å². The van der Waals surface area contributed by atoms with Gasteiger partial charge in [-0.3, -0.25) is 4.79 Å². The first-order valence-electron chi connectivity index (χ1n) is 6.30. The van der Waals surface area contributed by atoms with Gasteiger partial charge in [0.15, 0.2) is 16.9 Å². The highest BCUT2D eigenvalue weighted by Crippen LogP contribution is 2.40. The van der Waals surface area contributed by atoms with Crippen molar-refractivity contribution >= 4 is 11.0 Å². The summed E-state index contributed by atoms with van der Waals surface area (Å²) in [6.07, 6.45) is 0. The van der Waals surface area contributed by atoms with Gasteiger partial charge >= 0.3 is 0 Å². The summed E-state index contributed by atoms with van der Waals surface area (Å²) < 4.78 is 5.51. The van der Waals surface area contributed by atoms with Crippen molar-refractivity contribution in [3.63, 3.8) is 0 Å². The fraction of sp³-hybridized carbons (Fsp3) is 0.0625. The second kappa shape index (κ2) is 6.19. The fourth-order valence-corrected chi connectivity index (χ4v) is 2.02. The molecule has 0 spiro atoms. The van der Waals surface area contributed by atoms with Crippen LogP contribution in [-0.4, -0.2) is 27.5 Å². The number of phenolic OH excluding ortho intramolecular Hbond substituents is 3. The first-order chi connectivity index (χ1) is 10.6. The lowest BCUT2D eigenvalue weighted by Crippen LogP contribution is -2.00. The van der Waals surface area contributed by atoms with Crippen molar-refractivity contribution in [3.8, 4) is 28.6 Å². The Bertz CT molecular complexity index is 852. The Labute approximate surface area is 125 Å². The van der Waals surface area contributed by atoms with E-state index in [1.807, 2.05) is 6.07 Å². The monoisotopic (exact) mass is 302 g/mol. The maximum absolute atomic E-state index is 12.0. The molecule has 0 amide bonds. The second-order valence-corrected chi connectivity index (χ2v) is 4.31. The van der Waals surface area contributed by atoms with Crippen molar-refractivity contribution < 1.29 is 24.8 Å². The lowest BCUT2D eigenvalue weighted by atomic mass is 10.1. The Balaban J connectivity index is 0.000000847. The third kappa shape index (κ3) is 2.59. The van der Waals surface area contributed by atoms with Gasteiger partial charge in [0.1, 0.15) is 16.7 Å². The minimum atomic E-state index is -0.739. The normalized spacial score (nSPS) is 10.1. The van der Waals surface area contributed by atoms with Crippen LogP contribution in [0.5, 0.6) is 17.2 Å². The summed E-state index contributed by atoms with van der Waals surface area (Å²) in [5.41, 5.74) is 0.195. The molecule has 6 heteroatoms. The molecule has 0 aliphatic carbocycles. The number of aromatic hydroxyl groups is 3. The van der Waals surface area contributed by atoms with E-state index in [-0.39, 0.29) is 11.0 Å². The molecule has 0 radical (unpaired) electrons. The molecule has 0 aliphatic rings. The molecule has 2 aromatic carbocycles. The number of benzene rings is 2.